The number of ether oxygens (including phenoxy) is 1. The lowest BCUT2D eigenvalue weighted by Gasteiger charge is -2.41. The first kappa shape index (κ1) is 32.7. The molecule has 0 unspecified atom stereocenters. The van der Waals surface area contributed by atoms with Gasteiger partial charge in [0.15, 0.2) is 0 Å². The number of carbonyl (C=O) groups is 1. The number of carbonyl (C=O) groups excluding carboxylic acids is 1. The third-order valence-electron chi connectivity index (χ3n) is 6.45. The van der Waals surface area contributed by atoms with Crippen LogP contribution in [0.2, 0.25) is 0 Å². The van der Waals surface area contributed by atoms with E-state index in [4.69, 9.17) is 4.74 Å². The second-order valence-corrected chi connectivity index (χ2v) is 9.25. The van der Waals surface area contributed by atoms with Crippen molar-refractivity contribution in [3.8, 4) is 5.75 Å². The average molecular weight is 545 g/mol. The number of rotatable bonds is 15. The summed E-state index contributed by atoms with van der Waals surface area (Å²) in [5.41, 5.74) is 0.430. The molecule has 0 saturated carbocycles. The number of likely N-dealkylation sites (tertiary alicyclic amines) is 1. The number of para-hydroxylation sites is 2. The molecule has 2 rings (SSSR count). The second kappa shape index (κ2) is 21.0. The molecule has 7 heteroatoms. The van der Waals surface area contributed by atoms with E-state index in [2.05, 4.69) is 19.2 Å². The first-order valence-corrected chi connectivity index (χ1v) is 13.2. The highest BCUT2D eigenvalue weighted by Crippen LogP contribution is 2.23. The number of carboxylic acid groups (broad SMARTS) is 1. The zero-order chi connectivity index (χ0) is 24.2. The number of hydrogen-bond acceptors (Lipinski definition) is 4. The molecule has 1 aliphatic heterocycles. The van der Waals surface area contributed by atoms with Gasteiger partial charge in [-0.1, -0.05) is 64.5 Å². The number of nitrogens with zero attached hydrogens (tertiary/aromatic N) is 1. The topological polar surface area (TPSA) is 81.6 Å². The summed E-state index contributed by atoms with van der Waals surface area (Å²) in [6.45, 7) is 10.3. The van der Waals surface area contributed by atoms with Gasteiger partial charge in [0.05, 0.1) is 38.5 Å². The van der Waals surface area contributed by atoms with Crippen LogP contribution in [0, 0.1) is 0 Å². The maximum atomic E-state index is 10.4. The minimum atomic E-state index is -1.33. The SMILES string of the molecule is CCCCCCCC[N+]1(CCO)CCCCC1.CCCCCOc1ccccc1NC(=O)[O-].[Br-]. The van der Waals surface area contributed by atoms with Crippen molar-refractivity contribution < 1.29 is 41.2 Å². The lowest BCUT2D eigenvalue weighted by atomic mass is 10.1. The molecular weight excluding hydrogens is 496 g/mol. The van der Waals surface area contributed by atoms with Crippen molar-refractivity contribution >= 4 is 11.8 Å². The second-order valence-electron chi connectivity index (χ2n) is 9.25. The molecule has 2 N–H and O–H groups in total. The molecule has 0 atom stereocenters. The van der Waals surface area contributed by atoms with E-state index in [0.717, 1.165) is 25.8 Å². The van der Waals surface area contributed by atoms with Crippen molar-refractivity contribution in [3.05, 3.63) is 24.3 Å². The van der Waals surface area contributed by atoms with E-state index < -0.39 is 6.09 Å². The molecule has 1 saturated heterocycles. The predicted octanol–water partition coefficient (Wildman–Crippen LogP) is 2.35. The van der Waals surface area contributed by atoms with Gasteiger partial charge in [-0.05, 0) is 50.7 Å². The van der Waals surface area contributed by atoms with Crippen molar-refractivity contribution in [2.75, 3.05) is 44.7 Å². The molecule has 1 fully saturated rings. The zero-order valence-electron chi connectivity index (χ0n) is 21.5. The maximum Gasteiger partial charge on any atom is 0.142 e. The number of hydrogen-bond donors (Lipinski definition) is 2. The van der Waals surface area contributed by atoms with Crippen molar-refractivity contribution in [2.24, 2.45) is 0 Å². The van der Waals surface area contributed by atoms with E-state index in [1.54, 1.807) is 24.3 Å². The average Bonchev–Trinajstić information content (AvgIpc) is 2.81. The number of quaternary nitrogens is 1. The summed E-state index contributed by atoms with van der Waals surface area (Å²) in [5, 5.41) is 21.9. The number of piperidine rings is 1. The highest BCUT2D eigenvalue weighted by Gasteiger charge is 2.28. The van der Waals surface area contributed by atoms with Crippen LogP contribution in [0.15, 0.2) is 24.3 Å². The van der Waals surface area contributed by atoms with Crippen LogP contribution in [0.3, 0.4) is 0 Å². The molecule has 1 aromatic carbocycles. The van der Waals surface area contributed by atoms with E-state index in [1.807, 2.05) is 0 Å². The van der Waals surface area contributed by atoms with Gasteiger partial charge in [0.25, 0.3) is 0 Å². The monoisotopic (exact) mass is 543 g/mol. The Hall–Kier alpha value is -1.31. The lowest BCUT2D eigenvalue weighted by molar-refractivity contribution is -0.932. The Morgan fingerprint density at radius 2 is 1.56 bits per heavy atom. The summed E-state index contributed by atoms with van der Waals surface area (Å²) >= 11 is 0. The minimum Gasteiger partial charge on any atom is -1.00 e. The molecule has 1 heterocycles. The number of unbranched alkanes of at least 4 members (excludes halogenated alkanes) is 7. The summed E-state index contributed by atoms with van der Waals surface area (Å²) in [6.07, 6.45) is 14.3. The normalized spacial score (nSPS) is 14.3. The number of benzene rings is 1. The predicted molar refractivity (Wildman–Crippen MR) is 135 cm³/mol. The molecule has 0 aromatic heterocycles. The van der Waals surface area contributed by atoms with Crippen molar-refractivity contribution in [3.63, 3.8) is 0 Å². The third kappa shape index (κ3) is 14.8. The van der Waals surface area contributed by atoms with Crippen LogP contribution in [0.5, 0.6) is 5.75 Å². The van der Waals surface area contributed by atoms with Crippen molar-refractivity contribution in [1.29, 1.82) is 0 Å². The maximum absolute atomic E-state index is 10.4. The quantitative estimate of drug-likeness (QED) is 0.263. The Morgan fingerprint density at radius 1 is 0.941 bits per heavy atom. The molecule has 1 amide bonds. The van der Waals surface area contributed by atoms with Crippen LogP contribution in [0.1, 0.15) is 90.9 Å². The van der Waals surface area contributed by atoms with Gasteiger partial charge < -0.3 is 46.5 Å². The van der Waals surface area contributed by atoms with Gasteiger partial charge in [-0.2, -0.15) is 0 Å². The van der Waals surface area contributed by atoms with Gasteiger partial charge in [0.1, 0.15) is 18.4 Å². The summed E-state index contributed by atoms with van der Waals surface area (Å²) in [4.78, 5) is 10.4. The summed E-state index contributed by atoms with van der Waals surface area (Å²) in [5.74, 6) is 0.544. The molecule has 198 valence electrons. The Bertz CT molecular complexity index is 619. The number of anilines is 1. The molecule has 0 radical (unpaired) electrons. The first-order valence-electron chi connectivity index (χ1n) is 13.2. The van der Waals surface area contributed by atoms with Crippen LogP contribution in [-0.4, -0.2) is 55.1 Å². The lowest BCUT2D eigenvalue weighted by Crippen LogP contribution is -3.00. The molecule has 0 aliphatic carbocycles. The van der Waals surface area contributed by atoms with Gasteiger partial charge in [-0.15, -0.1) is 0 Å². The van der Waals surface area contributed by atoms with Crippen LogP contribution < -0.4 is 32.1 Å². The van der Waals surface area contributed by atoms with Crippen LogP contribution in [0.4, 0.5) is 10.5 Å². The van der Waals surface area contributed by atoms with E-state index in [1.165, 1.54) is 81.9 Å². The minimum absolute atomic E-state index is 0. The van der Waals surface area contributed by atoms with E-state index in [9.17, 15) is 15.0 Å². The molecule has 1 aromatic rings. The van der Waals surface area contributed by atoms with Gasteiger partial charge in [0.2, 0.25) is 0 Å². The van der Waals surface area contributed by atoms with Crippen molar-refractivity contribution in [2.45, 2.75) is 90.9 Å². The molecule has 1 aliphatic rings. The molecule has 34 heavy (non-hydrogen) atoms. The molecular formula is C27H48BrN2O4-. The summed E-state index contributed by atoms with van der Waals surface area (Å²) in [6, 6.07) is 6.92. The number of halogens is 1. The van der Waals surface area contributed by atoms with Crippen LogP contribution in [0.25, 0.3) is 0 Å². The highest BCUT2D eigenvalue weighted by atomic mass is 79.9. The Morgan fingerprint density at radius 3 is 2.21 bits per heavy atom. The number of aliphatic hydroxyl groups excluding tert-OH is 1. The number of aliphatic hydroxyl groups is 1. The molecule has 6 nitrogen and oxygen atoms in total. The fraction of sp³-hybridized carbons (Fsp3) is 0.741. The first-order chi connectivity index (χ1) is 16.1. The standard InChI is InChI=1S/C15H32NO.C12H17NO3.BrH/c1-2-3-4-5-6-8-11-16(14-15-17)12-9-7-10-13-16;1-2-3-6-9-16-11-8-5-4-7-10(11)13-12(14)15;/h17H,2-15H2,1H3;4-5,7-8,13H,2-3,6,9H2,1H3,(H,14,15);1H/q+1;;/p-2. The van der Waals surface area contributed by atoms with Gasteiger partial charge in [-0.3, -0.25) is 0 Å². The van der Waals surface area contributed by atoms with Crippen molar-refractivity contribution in [1.82, 2.24) is 0 Å². The van der Waals surface area contributed by atoms with E-state index in [-0.39, 0.29) is 17.0 Å². The Kier molecular flexibility index (Phi) is 20.2. The van der Waals surface area contributed by atoms with Gasteiger partial charge in [-0.25, -0.2) is 0 Å². The number of amides is 1. The molecule has 0 bridgehead atoms. The fourth-order valence-electron chi connectivity index (χ4n) is 4.52. The summed E-state index contributed by atoms with van der Waals surface area (Å²) < 4.78 is 6.70. The fourth-order valence-corrected chi connectivity index (χ4v) is 4.52. The Balaban J connectivity index is 0.000000623. The van der Waals surface area contributed by atoms with Crippen LogP contribution in [-0.2, 0) is 0 Å². The zero-order valence-corrected chi connectivity index (χ0v) is 23.1. The largest absolute Gasteiger partial charge is 1.00 e. The third-order valence-corrected chi connectivity index (χ3v) is 6.45. The van der Waals surface area contributed by atoms with E-state index in [0.29, 0.717) is 24.7 Å². The smallest absolute Gasteiger partial charge is 0.142 e. The molecule has 0 spiro atoms. The van der Waals surface area contributed by atoms with Gasteiger partial charge >= 0.3 is 0 Å². The summed E-state index contributed by atoms with van der Waals surface area (Å²) in [7, 11) is 0. The Labute approximate surface area is 218 Å². The number of nitrogens with one attached hydrogen (secondary N) is 1. The highest BCUT2D eigenvalue weighted by molar-refractivity contribution is 5.83. The van der Waals surface area contributed by atoms with E-state index >= 15 is 0 Å². The van der Waals surface area contributed by atoms with Gasteiger partial charge in [0, 0.05) is 0 Å². The van der Waals surface area contributed by atoms with Crippen LogP contribution >= 0.6 is 0 Å².